The van der Waals surface area contributed by atoms with Crippen molar-refractivity contribution in [3.63, 3.8) is 0 Å². The number of piperidine rings is 1. The molecular formula is C16H23ClN4O. The fraction of sp³-hybridized carbons (Fsp3) is 0.500. The van der Waals surface area contributed by atoms with Crippen LogP contribution in [0.1, 0.15) is 30.1 Å². The summed E-state index contributed by atoms with van der Waals surface area (Å²) in [5, 5.41) is 7.65. The van der Waals surface area contributed by atoms with E-state index in [0.717, 1.165) is 44.5 Å². The molecule has 120 valence electrons. The third-order valence-corrected chi connectivity index (χ3v) is 4.24. The zero-order chi connectivity index (χ0) is 14.7. The van der Waals surface area contributed by atoms with Crippen molar-refractivity contribution in [2.24, 2.45) is 5.92 Å². The van der Waals surface area contributed by atoms with Gasteiger partial charge in [0.15, 0.2) is 0 Å². The second-order valence-corrected chi connectivity index (χ2v) is 5.63. The first-order chi connectivity index (χ1) is 10.3. The summed E-state index contributed by atoms with van der Waals surface area (Å²) in [4.78, 5) is 14.6. The van der Waals surface area contributed by atoms with Gasteiger partial charge in [0.1, 0.15) is 0 Å². The zero-order valence-electron chi connectivity index (χ0n) is 12.9. The first kappa shape index (κ1) is 16.8. The molecule has 1 amide bonds. The molecule has 1 N–H and O–H groups in total. The van der Waals surface area contributed by atoms with Crippen LogP contribution in [0, 0.1) is 5.92 Å². The van der Waals surface area contributed by atoms with Gasteiger partial charge in [0.25, 0.3) is 5.91 Å². The Bertz CT molecular complexity index is 619. The molecule has 2 aromatic rings. The average molecular weight is 323 g/mol. The summed E-state index contributed by atoms with van der Waals surface area (Å²) < 4.78 is 1.76. The molecule has 3 heterocycles. The highest BCUT2D eigenvalue weighted by Crippen LogP contribution is 2.20. The van der Waals surface area contributed by atoms with Crippen LogP contribution in [0.2, 0.25) is 0 Å². The number of carbonyl (C=O) groups is 1. The predicted molar refractivity (Wildman–Crippen MR) is 89.6 cm³/mol. The Morgan fingerprint density at radius 1 is 1.36 bits per heavy atom. The van der Waals surface area contributed by atoms with E-state index < -0.39 is 0 Å². The van der Waals surface area contributed by atoms with Gasteiger partial charge in [-0.15, -0.1) is 12.4 Å². The van der Waals surface area contributed by atoms with Crippen LogP contribution < -0.4 is 5.32 Å². The third kappa shape index (κ3) is 3.42. The Morgan fingerprint density at radius 3 is 2.86 bits per heavy atom. The molecule has 0 aromatic carbocycles. The van der Waals surface area contributed by atoms with Crippen molar-refractivity contribution in [1.29, 1.82) is 0 Å². The molecule has 0 radical (unpaired) electrons. The quantitative estimate of drug-likeness (QED) is 0.939. The van der Waals surface area contributed by atoms with E-state index in [2.05, 4.69) is 17.3 Å². The van der Waals surface area contributed by atoms with Crippen molar-refractivity contribution in [3.05, 3.63) is 36.2 Å². The van der Waals surface area contributed by atoms with Gasteiger partial charge in [0.2, 0.25) is 0 Å². The van der Waals surface area contributed by atoms with Crippen LogP contribution in [-0.2, 0) is 0 Å². The number of aromatic nitrogens is 2. The molecular weight excluding hydrogens is 300 g/mol. The molecule has 22 heavy (non-hydrogen) atoms. The Labute approximate surface area is 137 Å². The lowest BCUT2D eigenvalue weighted by Crippen LogP contribution is -2.40. The van der Waals surface area contributed by atoms with Crippen LogP contribution in [0.25, 0.3) is 5.52 Å². The van der Waals surface area contributed by atoms with Gasteiger partial charge < -0.3 is 10.2 Å². The van der Waals surface area contributed by atoms with Crippen molar-refractivity contribution >= 4 is 23.8 Å². The van der Waals surface area contributed by atoms with Crippen molar-refractivity contribution in [3.8, 4) is 0 Å². The first-order valence-electron chi connectivity index (χ1n) is 7.72. The van der Waals surface area contributed by atoms with E-state index in [-0.39, 0.29) is 18.3 Å². The van der Waals surface area contributed by atoms with Crippen LogP contribution in [-0.4, -0.2) is 46.6 Å². The number of hydrogen-bond donors (Lipinski definition) is 1. The fourth-order valence-electron chi connectivity index (χ4n) is 2.96. The van der Waals surface area contributed by atoms with Gasteiger partial charge in [-0.25, -0.2) is 4.52 Å². The van der Waals surface area contributed by atoms with E-state index >= 15 is 0 Å². The average Bonchev–Trinajstić information content (AvgIpc) is 2.97. The predicted octanol–water partition coefficient (Wildman–Crippen LogP) is 2.22. The molecule has 1 saturated heterocycles. The van der Waals surface area contributed by atoms with E-state index in [0.29, 0.717) is 11.5 Å². The van der Waals surface area contributed by atoms with Gasteiger partial charge in [-0.05, 0) is 44.0 Å². The number of nitrogens with zero attached hydrogens (tertiary/aromatic N) is 3. The standard InChI is InChI=1S/C16H22N4O.ClH/c1-2-17-11-13-6-9-19(10-7-13)16(21)14-12-18-20-8-4-3-5-15(14)20;/h3-5,8,12-13,17H,2,6-7,9-11H2,1H3;1H. The minimum atomic E-state index is 0. The Morgan fingerprint density at radius 2 is 2.14 bits per heavy atom. The fourth-order valence-corrected chi connectivity index (χ4v) is 2.96. The highest BCUT2D eigenvalue weighted by atomic mass is 35.5. The number of likely N-dealkylation sites (tertiary alicyclic amines) is 1. The SMILES string of the molecule is CCNCC1CCN(C(=O)c2cnn3ccccc23)CC1.Cl. The summed E-state index contributed by atoms with van der Waals surface area (Å²) >= 11 is 0. The minimum absolute atomic E-state index is 0. The molecule has 0 bridgehead atoms. The second-order valence-electron chi connectivity index (χ2n) is 5.63. The summed E-state index contributed by atoms with van der Waals surface area (Å²) in [5.74, 6) is 0.802. The Kier molecular flexibility index (Phi) is 5.80. The lowest BCUT2D eigenvalue weighted by atomic mass is 9.96. The first-order valence-corrected chi connectivity index (χ1v) is 7.72. The third-order valence-electron chi connectivity index (χ3n) is 4.24. The van der Waals surface area contributed by atoms with Gasteiger partial charge in [-0.3, -0.25) is 4.79 Å². The number of halogens is 1. The molecule has 6 heteroatoms. The molecule has 1 fully saturated rings. The molecule has 0 spiro atoms. The van der Waals surface area contributed by atoms with Crippen LogP contribution >= 0.6 is 12.4 Å². The molecule has 0 saturated carbocycles. The largest absolute Gasteiger partial charge is 0.339 e. The topological polar surface area (TPSA) is 49.6 Å². The molecule has 0 atom stereocenters. The molecule has 0 unspecified atom stereocenters. The molecule has 2 aromatic heterocycles. The van der Waals surface area contributed by atoms with Crippen LogP contribution in [0.5, 0.6) is 0 Å². The van der Waals surface area contributed by atoms with Crippen LogP contribution in [0.3, 0.4) is 0 Å². The Balaban J connectivity index is 0.00000176. The molecule has 3 rings (SSSR count). The number of rotatable bonds is 4. The van der Waals surface area contributed by atoms with Crippen molar-refractivity contribution in [1.82, 2.24) is 19.8 Å². The highest BCUT2D eigenvalue weighted by molar-refractivity contribution is 6.00. The van der Waals surface area contributed by atoms with Gasteiger partial charge >= 0.3 is 0 Å². The molecule has 5 nitrogen and oxygen atoms in total. The maximum atomic E-state index is 12.7. The number of pyridine rings is 1. The maximum absolute atomic E-state index is 12.7. The van der Waals surface area contributed by atoms with E-state index in [1.165, 1.54) is 0 Å². The van der Waals surface area contributed by atoms with E-state index in [1.807, 2.05) is 29.3 Å². The van der Waals surface area contributed by atoms with Crippen molar-refractivity contribution < 1.29 is 4.79 Å². The van der Waals surface area contributed by atoms with Crippen LogP contribution in [0.15, 0.2) is 30.6 Å². The zero-order valence-corrected chi connectivity index (χ0v) is 13.7. The van der Waals surface area contributed by atoms with Gasteiger partial charge in [-0.2, -0.15) is 5.10 Å². The molecule has 1 aliphatic heterocycles. The normalized spacial score (nSPS) is 15.8. The molecule has 0 aliphatic carbocycles. The maximum Gasteiger partial charge on any atom is 0.257 e. The van der Waals surface area contributed by atoms with E-state index in [4.69, 9.17) is 0 Å². The highest BCUT2D eigenvalue weighted by Gasteiger charge is 2.25. The number of fused-ring (bicyclic) bond motifs is 1. The monoisotopic (exact) mass is 322 g/mol. The smallest absolute Gasteiger partial charge is 0.257 e. The number of hydrogen-bond acceptors (Lipinski definition) is 3. The van der Waals surface area contributed by atoms with Gasteiger partial charge in [0, 0.05) is 19.3 Å². The molecule has 1 aliphatic rings. The number of amides is 1. The van der Waals surface area contributed by atoms with E-state index in [9.17, 15) is 4.79 Å². The summed E-state index contributed by atoms with van der Waals surface area (Å²) in [5.41, 5.74) is 1.60. The van der Waals surface area contributed by atoms with Crippen molar-refractivity contribution in [2.75, 3.05) is 26.2 Å². The Hall–Kier alpha value is -1.59. The number of nitrogens with one attached hydrogen (secondary N) is 1. The summed E-state index contributed by atoms with van der Waals surface area (Å²) in [7, 11) is 0. The van der Waals surface area contributed by atoms with Gasteiger partial charge in [0.05, 0.1) is 17.3 Å². The minimum Gasteiger partial charge on any atom is -0.339 e. The van der Waals surface area contributed by atoms with E-state index in [1.54, 1.807) is 10.7 Å². The summed E-state index contributed by atoms with van der Waals surface area (Å²) in [6.07, 6.45) is 5.72. The van der Waals surface area contributed by atoms with Crippen molar-refractivity contribution in [2.45, 2.75) is 19.8 Å². The lowest BCUT2D eigenvalue weighted by molar-refractivity contribution is 0.0692. The second kappa shape index (κ2) is 7.61. The summed E-state index contributed by atoms with van der Waals surface area (Å²) in [6.45, 7) is 5.90. The van der Waals surface area contributed by atoms with Gasteiger partial charge in [-0.1, -0.05) is 13.0 Å². The van der Waals surface area contributed by atoms with Crippen LogP contribution in [0.4, 0.5) is 0 Å². The lowest BCUT2D eigenvalue weighted by Gasteiger charge is -2.32. The number of carbonyl (C=O) groups excluding carboxylic acids is 1. The summed E-state index contributed by atoms with van der Waals surface area (Å²) in [6, 6.07) is 5.80.